The van der Waals surface area contributed by atoms with E-state index in [0.717, 1.165) is 16.7 Å². The highest BCUT2D eigenvalue weighted by molar-refractivity contribution is 5.85. The van der Waals surface area contributed by atoms with Gasteiger partial charge in [0.2, 0.25) is 0 Å². The lowest BCUT2D eigenvalue weighted by Crippen LogP contribution is -2.35. The molecular weight excluding hydrogens is 459 g/mol. The fourth-order valence-electron chi connectivity index (χ4n) is 3.27. The summed E-state index contributed by atoms with van der Waals surface area (Å²) in [5.74, 6) is 0.912. The number of nitrogens with zero attached hydrogens (tertiary/aromatic N) is 1. The number of amides is 1. The predicted molar refractivity (Wildman–Crippen MR) is 132 cm³/mol. The van der Waals surface area contributed by atoms with Crippen LogP contribution in [0.15, 0.2) is 72.8 Å². The molecule has 0 radical (unpaired) electrons. The topological polar surface area (TPSA) is 74.0 Å². The van der Waals surface area contributed by atoms with Crippen molar-refractivity contribution in [1.29, 1.82) is 0 Å². The Morgan fingerprint density at radius 1 is 0.941 bits per heavy atom. The molecule has 34 heavy (non-hydrogen) atoms. The summed E-state index contributed by atoms with van der Waals surface area (Å²) in [5.41, 5.74) is 8.51. The van der Waals surface area contributed by atoms with E-state index in [2.05, 4.69) is 0 Å². The molecule has 0 spiro atoms. The first-order valence-electron chi connectivity index (χ1n) is 10.8. The summed E-state index contributed by atoms with van der Waals surface area (Å²) in [6.07, 6.45) is 0.0509. The van der Waals surface area contributed by atoms with Gasteiger partial charge in [0.1, 0.15) is 12.4 Å². The van der Waals surface area contributed by atoms with E-state index < -0.39 is 6.09 Å². The third-order valence-corrected chi connectivity index (χ3v) is 5.03. The van der Waals surface area contributed by atoms with Crippen LogP contribution in [0.4, 0.5) is 9.18 Å². The molecule has 1 amide bonds. The lowest BCUT2D eigenvalue weighted by atomic mass is 10.1. The second-order valence-electron chi connectivity index (χ2n) is 7.46. The number of halogens is 2. The average Bonchev–Trinajstić information content (AvgIpc) is 2.84. The van der Waals surface area contributed by atoms with Crippen LogP contribution < -0.4 is 15.2 Å². The zero-order valence-corrected chi connectivity index (χ0v) is 19.9. The van der Waals surface area contributed by atoms with Crippen molar-refractivity contribution in [1.82, 2.24) is 4.90 Å². The second kappa shape index (κ2) is 14.1. The monoisotopic (exact) mass is 488 g/mol. The van der Waals surface area contributed by atoms with Crippen molar-refractivity contribution in [3.63, 3.8) is 0 Å². The number of nitrogens with two attached hydrogens (primary N) is 1. The van der Waals surface area contributed by atoms with Crippen molar-refractivity contribution in [2.75, 3.05) is 26.8 Å². The van der Waals surface area contributed by atoms with Gasteiger partial charge < -0.3 is 24.8 Å². The van der Waals surface area contributed by atoms with Gasteiger partial charge in [0.05, 0.1) is 13.7 Å². The van der Waals surface area contributed by atoms with Crippen LogP contribution in [0.25, 0.3) is 0 Å². The van der Waals surface area contributed by atoms with E-state index in [1.54, 1.807) is 24.1 Å². The first kappa shape index (κ1) is 27.0. The van der Waals surface area contributed by atoms with Crippen LogP contribution in [-0.4, -0.2) is 37.8 Å². The minimum absolute atomic E-state index is 0. The molecule has 2 N–H and O–H groups in total. The summed E-state index contributed by atoms with van der Waals surface area (Å²) in [4.78, 5) is 14.1. The summed E-state index contributed by atoms with van der Waals surface area (Å²) in [6, 6.07) is 21.6. The van der Waals surface area contributed by atoms with E-state index in [1.165, 1.54) is 12.1 Å². The Hall–Kier alpha value is -3.29. The molecular formula is C26H30ClFN2O4. The molecule has 0 aliphatic rings. The quantitative estimate of drug-likeness (QED) is 0.412. The Bertz CT molecular complexity index is 1020. The van der Waals surface area contributed by atoms with Gasteiger partial charge in [-0.3, -0.25) is 0 Å². The third-order valence-electron chi connectivity index (χ3n) is 5.03. The molecule has 0 saturated carbocycles. The summed E-state index contributed by atoms with van der Waals surface area (Å²) >= 11 is 0. The highest BCUT2D eigenvalue weighted by atomic mass is 35.5. The van der Waals surface area contributed by atoms with Crippen molar-refractivity contribution in [3.8, 4) is 11.5 Å². The highest BCUT2D eigenvalue weighted by Crippen LogP contribution is 2.29. The van der Waals surface area contributed by atoms with Gasteiger partial charge in [-0.2, -0.15) is 0 Å². The Balaban J connectivity index is 0.00000408. The van der Waals surface area contributed by atoms with E-state index in [9.17, 15) is 9.18 Å². The summed E-state index contributed by atoms with van der Waals surface area (Å²) in [5, 5.41) is 0. The molecule has 0 atom stereocenters. The predicted octanol–water partition coefficient (Wildman–Crippen LogP) is 4.98. The smallest absolute Gasteiger partial charge is 0.410 e. The number of hydrogen-bond acceptors (Lipinski definition) is 5. The van der Waals surface area contributed by atoms with Gasteiger partial charge in [-0.05, 0) is 41.0 Å². The Morgan fingerprint density at radius 2 is 1.65 bits per heavy atom. The summed E-state index contributed by atoms with van der Waals surface area (Å²) in [7, 11) is 1.58. The van der Waals surface area contributed by atoms with Gasteiger partial charge in [0.15, 0.2) is 11.5 Å². The molecule has 8 heteroatoms. The van der Waals surface area contributed by atoms with Gasteiger partial charge in [-0.1, -0.05) is 48.5 Å². The highest BCUT2D eigenvalue weighted by Gasteiger charge is 2.16. The minimum Gasteiger partial charge on any atom is -0.493 e. The van der Waals surface area contributed by atoms with Gasteiger partial charge >= 0.3 is 6.09 Å². The van der Waals surface area contributed by atoms with Crippen molar-refractivity contribution in [2.45, 2.75) is 19.6 Å². The molecule has 0 bridgehead atoms. The molecule has 0 fully saturated rings. The first-order valence-corrected chi connectivity index (χ1v) is 10.8. The van der Waals surface area contributed by atoms with Gasteiger partial charge in [-0.25, -0.2) is 9.18 Å². The van der Waals surface area contributed by atoms with Gasteiger partial charge in [0, 0.05) is 26.1 Å². The maximum Gasteiger partial charge on any atom is 0.410 e. The normalized spacial score (nSPS) is 10.2. The lowest BCUT2D eigenvalue weighted by Gasteiger charge is -2.22. The number of carbonyl (C=O) groups excluding carboxylic acids is 1. The fourth-order valence-corrected chi connectivity index (χ4v) is 3.27. The molecule has 0 aromatic heterocycles. The Labute approximate surface area is 205 Å². The maximum absolute atomic E-state index is 13.0. The van der Waals surface area contributed by atoms with Crippen LogP contribution in [0, 0.1) is 5.82 Å². The van der Waals surface area contributed by atoms with Gasteiger partial charge in [-0.15, -0.1) is 12.4 Å². The summed E-state index contributed by atoms with van der Waals surface area (Å²) < 4.78 is 29.8. The fraction of sp³-hybridized carbons (Fsp3) is 0.269. The minimum atomic E-state index is -0.453. The average molecular weight is 489 g/mol. The number of benzene rings is 3. The number of ether oxygens (including phenoxy) is 3. The lowest BCUT2D eigenvalue weighted by molar-refractivity contribution is 0.102. The zero-order chi connectivity index (χ0) is 23.5. The van der Waals surface area contributed by atoms with Crippen LogP contribution in [-0.2, 0) is 24.3 Å². The number of rotatable bonds is 11. The van der Waals surface area contributed by atoms with Crippen LogP contribution in [0.2, 0.25) is 0 Å². The molecule has 3 rings (SSSR count). The number of methoxy groups -OCH3 is 1. The molecule has 0 aliphatic heterocycles. The van der Waals surface area contributed by atoms with Crippen LogP contribution in [0.5, 0.6) is 11.5 Å². The van der Waals surface area contributed by atoms with Crippen molar-refractivity contribution >= 4 is 18.5 Å². The molecule has 182 valence electrons. The standard InChI is InChI=1S/C26H29FN2O4.ClH/c1-31-25-17-22(9-12-24(25)33-19-21-5-3-2-4-6-21)18-29(15-14-28)26(30)32-16-13-20-7-10-23(27)11-8-20;/h2-12,17H,13-16,18-19,28H2,1H3;1H. The largest absolute Gasteiger partial charge is 0.493 e. The van der Waals surface area contributed by atoms with E-state index >= 15 is 0 Å². The third kappa shape index (κ3) is 8.24. The van der Waals surface area contributed by atoms with Crippen molar-refractivity contribution in [2.24, 2.45) is 5.73 Å². The first-order chi connectivity index (χ1) is 16.1. The second-order valence-corrected chi connectivity index (χ2v) is 7.46. The molecule has 0 saturated heterocycles. The van der Waals surface area contributed by atoms with E-state index in [0.29, 0.717) is 44.2 Å². The molecule has 3 aromatic rings. The van der Waals surface area contributed by atoms with E-state index in [4.69, 9.17) is 19.9 Å². The Kier molecular flexibility index (Phi) is 11.2. The molecule has 3 aromatic carbocycles. The van der Waals surface area contributed by atoms with Crippen LogP contribution in [0.1, 0.15) is 16.7 Å². The van der Waals surface area contributed by atoms with E-state index in [-0.39, 0.29) is 24.8 Å². The van der Waals surface area contributed by atoms with E-state index in [1.807, 2.05) is 48.5 Å². The zero-order valence-electron chi connectivity index (χ0n) is 19.1. The summed E-state index contributed by atoms with van der Waals surface area (Å²) in [6.45, 7) is 1.60. The maximum atomic E-state index is 13.0. The SMILES string of the molecule is COc1cc(CN(CCN)C(=O)OCCc2ccc(F)cc2)ccc1OCc1ccccc1.Cl. The number of carbonyl (C=O) groups is 1. The van der Waals surface area contributed by atoms with Crippen LogP contribution >= 0.6 is 12.4 Å². The molecule has 0 aliphatic carbocycles. The molecule has 0 heterocycles. The molecule has 6 nitrogen and oxygen atoms in total. The number of hydrogen-bond donors (Lipinski definition) is 1. The Morgan fingerprint density at radius 3 is 2.32 bits per heavy atom. The molecule has 0 unspecified atom stereocenters. The van der Waals surface area contributed by atoms with Gasteiger partial charge in [0.25, 0.3) is 0 Å². The van der Waals surface area contributed by atoms with Crippen molar-refractivity contribution in [3.05, 3.63) is 95.3 Å². The van der Waals surface area contributed by atoms with Crippen molar-refractivity contribution < 1.29 is 23.4 Å². The van der Waals surface area contributed by atoms with Crippen LogP contribution in [0.3, 0.4) is 0 Å².